The molecule has 8 heteroatoms. The molecular weight excluding hydrogens is 379 g/mol. The molecule has 2 N–H and O–H groups in total. The Morgan fingerprint density at radius 3 is 2.62 bits per heavy atom. The van der Waals surface area contributed by atoms with Gasteiger partial charge in [-0.2, -0.15) is 0 Å². The highest BCUT2D eigenvalue weighted by molar-refractivity contribution is 6.43. The van der Waals surface area contributed by atoms with Crippen LogP contribution in [0.2, 0.25) is 0 Å². The summed E-state index contributed by atoms with van der Waals surface area (Å²) in [7, 11) is 0. The number of amides is 1. The van der Waals surface area contributed by atoms with Crippen LogP contribution in [-0.2, 0) is 14.3 Å². The van der Waals surface area contributed by atoms with E-state index in [2.05, 4.69) is 10.3 Å². The second kappa shape index (κ2) is 9.00. The molecule has 3 rings (SSSR count). The van der Waals surface area contributed by atoms with Crippen molar-refractivity contribution in [2.24, 2.45) is 0 Å². The minimum Gasteiger partial charge on any atom is -0.462 e. The number of ether oxygens (including phenoxy) is 2. The predicted molar refractivity (Wildman–Crippen MR) is 103 cm³/mol. The van der Waals surface area contributed by atoms with Gasteiger partial charge < -0.3 is 19.8 Å². The molecule has 1 fully saturated rings. The first-order valence-corrected chi connectivity index (χ1v) is 9.52. The molecule has 1 aliphatic rings. The van der Waals surface area contributed by atoms with E-state index in [1.165, 1.54) is 24.3 Å². The third kappa shape index (κ3) is 4.54. The molecule has 0 spiro atoms. The summed E-state index contributed by atoms with van der Waals surface area (Å²) in [5.74, 6) is -2.71. The number of carbonyl (C=O) groups is 3. The summed E-state index contributed by atoms with van der Waals surface area (Å²) in [6, 6.07) is 5.33. The molecule has 1 aromatic carbocycles. The number of Topliss-reactive ketones (excluding diaryl/α,β-unsaturated/α-hetero) is 1. The van der Waals surface area contributed by atoms with Crippen molar-refractivity contribution in [3.05, 3.63) is 47.0 Å². The maximum Gasteiger partial charge on any atom is 0.340 e. The number of aromatic nitrogens is 1. The average molecular weight is 402 g/mol. The van der Waals surface area contributed by atoms with Crippen molar-refractivity contribution >= 4 is 17.7 Å². The molecule has 29 heavy (non-hydrogen) atoms. The number of benzene rings is 1. The summed E-state index contributed by atoms with van der Waals surface area (Å²) in [5, 5.41) is 2.58. The number of halogens is 1. The van der Waals surface area contributed by atoms with Gasteiger partial charge in [-0.25, -0.2) is 9.18 Å². The quantitative estimate of drug-likeness (QED) is 0.422. The lowest BCUT2D eigenvalue weighted by atomic mass is 9.98. The highest BCUT2D eigenvalue weighted by Gasteiger charge is 2.30. The van der Waals surface area contributed by atoms with Gasteiger partial charge in [0.2, 0.25) is 0 Å². The van der Waals surface area contributed by atoms with Crippen molar-refractivity contribution in [1.29, 1.82) is 0 Å². The second-order valence-corrected chi connectivity index (χ2v) is 6.78. The van der Waals surface area contributed by atoms with E-state index >= 15 is 0 Å². The zero-order chi connectivity index (χ0) is 21.0. The van der Waals surface area contributed by atoms with Crippen LogP contribution in [0.25, 0.3) is 11.1 Å². The molecule has 1 saturated heterocycles. The van der Waals surface area contributed by atoms with Crippen molar-refractivity contribution < 1.29 is 28.2 Å². The van der Waals surface area contributed by atoms with Crippen LogP contribution in [0.1, 0.15) is 46.3 Å². The predicted octanol–water partition coefficient (Wildman–Crippen LogP) is 2.78. The number of hydrogen-bond acceptors (Lipinski definition) is 5. The normalized spacial score (nSPS) is 15.9. The van der Waals surface area contributed by atoms with E-state index in [4.69, 9.17) is 9.47 Å². The van der Waals surface area contributed by atoms with E-state index in [1.54, 1.807) is 13.8 Å². The van der Waals surface area contributed by atoms with E-state index < -0.39 is 23.5 Å². The topological polar surface area (TPSA) is 97.5 Å². The lowest BCUT2D eigenvalue weighted by molar-refractivity contribution is -0.117. The van der Waals surface area contributed by atoms with Gasteiger partial charge in [0.1, 0.15) is 11.5 Å². The highest BCUT2D eigenvalue weighted by Crippen LogP contribution is 2.31. The Labute approximate surface area is 167 Å². The number of hydrogen-bond donors (Lipinski definition) is 2. The number of carbonyl (C=O) groups excluding carboxylic acids is 3. The van der Waals surface area contributed by atoms with E-state index in [0.717, 1.165) is 12.8 Å². The minimum atomic E-state index is -0.819. The van der Waals surface area contributed by atoms with Gasteiger partial charge in [-0.3, -0.25) is 9.59 Å². The van der Waals surface area contributed by atoms with Crippen molar-refractivity contribution in [3.8, 4) is 11.1 Å². The molecule has 1 aromatic heterocycles. The van der Waals surface area contributed by atoms with E-state index in [0.29, 0.717) is 17.9 Å². The lowest BCUT2D eigenvalue weighted by Gasteiger charge is -2.11. The van der Waals surface area contributed by atoms with Crippen LogP contribution >= 0.6 is 0 Å². The number of aryl methyl sites for hydroxylation is 1. The van der Waals surface area contributed by atoms with Gasteiger partial charge in [-0.1, -0.05) is 12.1 Å². The Morgan fingerprint density at radius 2 is 2.00 bits per heavy atom. The summed E-state index contributed by atoms with van der Waals surface area (Å²) >= 11 is 0. The van der Waals surface area contributed by atoms with Crippen molar-refractivity contribution in [3.63, 3.8) is 0 Å². The zero-order valence-corrected chi connectivity index (χ0v) is 16.3. The number of ketones is 1. The Morgan fingerprint density at radius 1 is 1.28 bits per heavy atom. The molecule has 2 heterocycles. The molecule has 7 nitrogen and oxygen atoms in total. The third-order valence-corrected chi connectivity index (χ3v) is 4.75. The Hall–Kier alpha value is -3.00. The fourth-order valence-electron chi connectivity index (χ4n) is 3.36. The molecule has 0 unspecified atom stereocenters. The molecule has 2 aromatic rings. The van der Waals surface area contributed by atoms with Crippen molar-refractivity contribution in [2.45, 2.75) is 32.8 Å². The van der Waals surface area contributed by atoms with Gasteiger partial charge in [0.25, 0.3) is 11.7 Å². The minimum absolute atomic E-state index is 0.0398. The molecule has 0 radical (unpaired) electrons. The molecule has 0 bridgehead atoms. The maximum absolute atomic E-state index is 13.4. The molecular formula is C21H23FN2O5. The number of aromatic amines is 1. The Kier molecular flexibility index (Phi) is 6.43. The largest absolute Gasteiger partial charge is 0.462 e. The summed E-state index contributed by atoms with van der Waals surface area (Å²) in [4.78, 5) is 40.6. The lowest BCUT2D eigenvalue weighted by Crippen LogP contribution is -2.36. The van der Waals surface area contributed by atoms with Gasteiger partial charge >= 0.3 is 5.97 Å². The van der Waals surface area contributed by atoms with Gasteiger partial charge in [-0.05, 0) is 44.4 Å². The summed E-state index contributed by atoms with van der Waals surface area (Å²) in [6.45, 7) is 4.31. The number of H-pyrrole nitrogens is 1. The first-order chi connectivity index (χ1) is 13.9. The maximum atomic E-state index is 13.4. The van der Waals surface area contributed by atoms with Gasteiger partial charge in [0.05, 0.1) is 18.3 Å². The van der Waals surface area contributed by atoms with Crippen LogP contribution in [0.15, 0.2) is 24.3 Å². The zero-order valence-electron chi connectivity index (χ0n) is 16.3. The van der Waals surface area contributed by atoms with E-state index in [9.17, 15) is 18.8 Å². The fourth-order valence-corrected chi connectivity index (χ4v) is 3.36. The third-order valence-electron chi connectivity index (χ3n) is 4.75. The van der Waals surface area contributed by atoms with Crippen LogP contribution < -0.4 is 5.32 Å². The standard InChI is InChI=1S/C21H23FN2O5/c1-3-28-21(27)16-12(2)24-18(17(16)13-6-8-14(22)9-7-13)19(25)20(26)23-11-15-5-4-10-29-15/h6-9,15,24H,3-5,10-11H2,1-2H3,(H,23,26)/t15-/m1/s1. The smallest absolute Gasteiger partial charge is 0.340 e. The number of esters is 1. The van der Waals surface area contributed by atoms with Crippen LogP contribution in [0, 0.1) is 12.7 Å². The molecule has 154 valence electrons. The van der Waals surface area contributed by atoms with Gasteiger partial charge in [0.15, 0.2) is 0 Å². The van der Waals surface area contributed by atoms with Gasteiger partial charge in [0, 0.05) is 24.4 Å². The number of nitrogens with one attached hydrogen (secondary N) is 2. The molecule has 1 atom stereocenters. The van der Waals surface area contributed by atoms with Gasteiger partial charge in [-0.15, -0.1) is 0 Å². The molecule has 1 amide bonds. The molecule has 1 aliphatic heterocycles. The van der Waals surface area contributed by atoms with Crippen molar-refractivity contribution in [2.75, 3.05) is 19.8 Å². The summed E-state index contributed by atoms with van der Waals surface area (Å²) in [6.07, 6.45) is 1.63. The second-order valence-electron chi connectivity index (χ2n) is 6.78. The Bertz CT molecular complexity index is 914. The number of rotatable bonds is 7. The summed E-state index contributed by atoms with van der Waals surface area (Å²) in [5.41, 5.74) is 1.14. The fraction of sp³-hybridized carbons (Fsp3) is 0.381. The molecule has 0 aliphatic carbocycles. The van der Waals surface area contributed by atoms with Crippen LogP contribution in [0.4, 0.5) is 4.39 Å². The SMILES string of the molecule is CCOC(=O)c1c(C)[nH]c(C(=O)C(=O)NC[C@H]2CCCO2)c1-c1ccc(F)cc1. The van der Waals surface area contributed by atoms with Crippen molar-refractivity contribution in [1.82, 2.24) is 10.3 Å². The summed E-state index contributed by atoms with van der Waals surface area (Å²) < 4.78 is 23.9. The molecule has 0 saturated carbocycles. The monoisotopic (exact) mass is 402 g/mol. The average Bonchev–Trinajstić information content (AvgIpc) is 3.34. The highest BCUT2D eigenvalue weighted by atomic mass is 19.1. The van der Waals surface area contributed by atoms with E-state index in [-0.39, 0.29) is 36.1 Å². The van der Waals surface area contributed by atoms with Crippen LogP contribution in [0.5, 0.6) is 0 Å². The van der Waals surface area contributed by atoms with E-state index in [1.807, 2.05) is 0 Å². The van der Waals surface area contributed by atoms with Crippen LogP contribution in [0.3, 0.4) is 0 Å². The van der Waals surface area contributed by atoms with Crippen LogP contribution in [-0.4, -0.2) is 48.5 Å². The first-order valence-electron chi connectivity index (χ1n) is 9.52. The first kappa shape index (κ1) is 20.7. The Balaban J connectivity index is 1.95.